The minimum atomic E-state index is -0.920. The molecule has 0 bridgehead atoms. The summed E-state index contributed by atoms with van der Waals surface area (Å²) in [6, 6.07) is 21.4. The van der Waals surface area contributed by atoms with Crippen LogP contribution in [0.2, 0.25) is 0 Å². The van der Waals surface area contributed by atoms with Gasteiger partial charge in [-0.3, -0.25) is 24.0 Å². The second-order valence-corrected chi connectivity index (χ2v) is 12.1. The lowest BCUT2D eigenvalue weighted by Crippen LogP contribution is -2.51. The van der Waals surface area contributed by atoms with Gasteiger partial charge in [0.2, 0.25) is 23.6 Å². The molecule has 4 N–H and O–H groups in total. The van der Waals surface area contributed by atoms with Crippen molar-refractivity contribution in [3.8, 4) is 0 Å². The molecule has 4 amide bonds. The average molecular weight is 627 g/mol. The van der Waals surface area contributed by atoms with E-state index in [0.717, 1.165) is 34.2 Å². The molecule has 9 heteroatoms. The number of aldehydes is 1. The molecule has 244 valence electrons. The molecule has 0 radical (unpaired) electrons. The molecule has 3 atom stereocenters. The Labute approximate surface area is 271 Å². The SMILES string of the molecule is CC(C)C.O=C/C=C/C(CC1CCCNC1=O)NC(=O)CNC(=O)C(Cc1cccc2ccccc12)NC(=O)Cc1ccccc1. The molecule has 46 heavy (non-hydrogen) atoms. The lowest BCUT2D eigenvalue weighted by molar-refractivity contribution is -0.130. The zero-order valence-corrected chi connectivity index (χ0v) is 27.0. The third-order valence-electron chi connectivity index (χ3n) is 7.29. The summed E-state index contributed by atoms with van der Waals surface area (Å²) in [5.74, 6) is -0.794. The van der Waals surface area contributed by atoms with Crippen LogP contribution in [0.3, 0.4) is 0 Å². The van der Waals surface area contributed by atoms with Gasteiger partial charge in [0, 0.05) is 24.9 Å². The number of rotatable bonds is 13. The molecule has 3 aromatic carbocycles. The van der Waals surface area contributed by atoms with E-state index < -0.39 is 23.9 Å². The van der Waals surface area contributed by atoms with E-state index in [4.69, 9.17) is 0 Å². The normalized spacial score (nSPS) is 15.7. The van der Waals surface area contributed by atoms with Crippen LogP contribution in [0, 0.1) is 11.8 Å². The number of fused-ring (bicyclic) bond motifs is 1. The van der Waals surface area contributed by atoms with Gasteiger partial charge in [0.15, 0.2) is 0 Å². The van der Waals surface area contributed by atoms with E-state index in [9.17, 15) is 24.0 Å². The van der Waals surface area contributed by atoms with Crippen molar-refractivity contribution < 1.29 is 24.0 Å². The lowest BCUT2D eigenvalue weighted by atomic mass is 9.91. The molecule has 0 saturated carbocycles. The van der Waals surface area contributed by atoms with Gasteiger partial charge in [0.05, 0.1) is 13.0 Å². The highest BCUT2D eigenvalue weighted by Crippen LogP contribution is 2.20. The van der Waals surface area contributed by atoms with Crippen molar-refractivity contribution in [3.05, 3.63) is 96.1 Å². The molecule has 3 unspecified atom stereocenters. The van der Waals surface area contributed by atoms with Crippen LogP contribution < -0.4 is 21.3 Å². The fourth-order valence-electron chi connectivity index (χ4n) is 5.21. The van der Waals surface area contributed by atoms with Crippen molar-refractivity contribution in [3.63, 3.8) is 0 Å². The van der Waals surface area contributed by atoms with Crippen molar-refractivity contribution in [1.29, 1.82) is 0 Å². The number of nitrogens with one attached hydrogen (secondary N) is 4. The molecular weight excluding hydrogens is 580 g/mol. The maximum absolute atomic E-state index is 13.4. The third kappa shape index (κ3) is 12.3. The fourth-order valence-corrected chi connectivity index (χ4v) is 5.21. The summed E-state index contributed by atoms with van der Waals surface area (Å²) in [6.07, 6.45) is 5.67. The fraction of sp³-hybridized carbons (Fsp3) is 0.378. The summed E-state index contributed by atoms with van der Waals surface area (Å²) in [4.78, 5) is 62.3. The van der Waals surface area contributed by atoms with Gasteiger partial charge >= 0.3 is 0 Å². The summed E-state index contributed by atoms with van der Waals surface area (Å²) >= 11 is 0. The molecule has 1 aliphatic rings. The Hall–Kier alpha value is -4.79. The summed E-state index contributed by atoms with van der Waals surface area (Å²) in [6.45, 7) is 6.80. The Balaban J connectivity index is 0.00000136. The number of benzene rings is 3. The summed E-state index contributed by atoms with van der Waals surface area (Å²) in [7, 11) is 0. The summed E-state index contributed by atoms with van der Waals surface area (Å²) in [5, 5.41) is 13.1. The largest absolute Gasteiger partial charge is 0.356 e. The first-order chi connectivity index (χ1) is 22.2. The second kappa shape index (κ2) is 18.9. The van der Waals surface area contributed by atoms with Gasteiger partial charge in [0.25, 0.3) is 0 Å². The van der Waals surface area contributed by atoms with Gasteiger partial charge in [-0.25, -0.2) is 0 Å². The molecular formula is C37H46N4O5. The highest BCUT2D eigenvalue weighted by molar-refractivity contribution is 5.92. The van der Waals surface area contributed by atoms with E-state index >= 15 is 0 Å². The Kier molecular flexibility index (Phi) is 14.7. The molecule has 0 aliphatic carbocycles. The predicted octanol–water partition coefficient (Wildman–Crippen LogP) is 4.04. The topological polar surface area (TPSA) is 133 Å². The van der Waals surface area contributed by atoms with E-state index in [2.05, 4.69) is 42.0 Å². The van der Waals surface area contributed by atoms with E-state index in [1.807, 2.05) is 72.8 Å². The molecule has 1 saturated heterocycles. The zero-order valence-electron chi connectivity index (χ0n) is 27.0. The van der Waals surface area contributed by atoms with Crippen molar-refractivity contribution in [2.75, 3.05) is 13.1 Å². The smallest absolute Gasteiger partial charge is 0.243 e. The standard InChI is InChI=1S/C33H36N4O5.C4H10/c38-18-8-15-27(20-26-14-7-17-34-32(26)41)36-31(40)22-35-33(42)29(37-30(39)19-23-9-2-1-3-10-23)21-25-13-6-12-24-11-4-5-16-28(24)25;1-4(2)3/h1-6,8-13,15-16,18,26-27,29H,7,14,17,19-22H2,(H,34,41)(H,35,42)(H,36,40)(H,37,39);4H,1-3H3/b15-8+;. The van der Waals surface area contributed by atoms with Crippen LogP contribution in [0.5, 0.6) is 0 Å². The number of carbonyl (C=O) groups is 5. The first-order valence-corrected chi connectivity index (χ1v) is 15.9. The van der Waals surface area contributed by atoms with Gasteiger partial charge in [-0.1, -0.05) is 99.6 Å². The van der Waals surface area contributed by atoms with E-state index in [0.29, 0.717) is 25.7 Å². The molecule has 9 nitrogen and oxygen atoms in total. The van der Waals surface area contributed by atoms with E-state index in [1.165, 1.54) is 6.08 Å². The van der Waals surface area contributed by atoms with Crippen molar-refractivity contribution >= 4 is 40.7 Å². The minimum Gasteiger partial charge on any atom is -0.356 e. The highest BCUT2D eigenvalue weighted by Gasteiger charge is 2.26. The second-order valence-electron chi connectivity index (χ2n) is 12.1. The summed E-state index contributed by atoms with van der Waals surface area (Å²) in [5.41, 5.74) is 1.71. The first-order valence-electron chi connectivity index (χ1n) is 15.9. The van der Waals surface area contributed by atoms with Gasteiger partial charge < -0.3 is 21.3 Å². The maximum atomic E-state index is 13.4. The van der Waals surface area contributed by atoms with Crippen LogP contribution >= 0.6 is 0 Å². The Morgan fingerprint density at radius 3 is 2.33 bits per heavy atom. The van der Waals surface area contributed by atoms with E-state index in [1.54, 1.807) is 6.08 Å². The van der Waals surface area contributed by atoms with Crippen LogP contribution in [0.25, 0.3) is 10.8 Å². The molecule has 0 spiro atoms. The number of amides is 4. The third-order valence-corrected chi connectivity index (χ3v) is 7.29. The van der Waals surface area contributed by atoms with Gasteiger partial charge in [-0.2, -0.15) is 0 Å². The summed E-state index contributed by atoms with van der Waals surface area (Å²) < 4.78 is 0. The van der Waals surface area contributed by atoms with E-state index in [-0.39, 0.29) is 37.1 Å². The molecule has 0 aromatic heterocycles. The lowest BCUT2D eigenvalue weighted by Gasteiger charge is -2.25. The molecule has 1 fully saturated rings. The Morgan fingerprint density at radius 2 is 1.61 bits per heavy atom. The zero-order chi connectivity index (χ0) is 33.3. The number of carbonyl (C=O) groups excluding carboxylic acids is 5. The molecule has 4 rings (SSSR count). The van der Waals surface area contributed by atoms with Gasteiger partial charge in [-0.15, -0.1) is 0 Å². The van der Waals surface area contributed by atoms with Gasteiger partial charge in [0.1, 0.15) is 12.3 Å². The van der Waals surface area contributed by atoms with Crippen LogP contribution in [-0.4, -0.2) is 55.1 Å². The van der Waals surface area contributed by atoms with Crippen molar-refractivity contribution in [1.82, 2.24) is 21.3 Å². The average Bonchev–Trinajstić information content (AvgIpc) is 3.03. The number of piperidine rings is 1. The molecule has 1 aliphatic heterocycles. The molecule has 1 heterocycles. The van der Waals surface area contributed by atoms with Crippen LogP contribution in [-0.2, 0) is 36.8 Å². The molecule has 3 aromatic rings. The first kappa shape index (κ1) is 35.7. The van der Waals surface area contributed by atoms with Crippen LogP contribution in [0.1, 0.15) is 51.2 Å². The number of hydrogen-bond donors (Lipinski definition) is 4. The maximum Gasteiger partial charge on any atom is 0.243 e. The van der Waals surface area contributed by atoms with Gasteiger partial charge in [-0.05, 0) is 53.2 Å². The minimum absolute atomic E-state index is 0.0733. The van der Waals surface area contributed by atoms with Crippen molar-refractivity contribution in [2.24, 2.45) is 11.8 Å². The number of hydrogen-bond acceptors (Lipinski definition) is 5. The van der Waals surface area contributed by atoms with Crippen LogP contribution in [0.15, 0.2) is 84.9 Å². The number of allylic oxidation sites excluding steroid dienone is 1. The van der Waals surface area contributed by atoms with Crippen LogP contribution in [0.4, 0.5) is 0 Å². The monoisotopic (exact) mass is 626 g/mol. The Morgan fingerprint density at radius 1 is 0.913 bits per heavy atom. The van der Waals surface area contributed by atoms with Crippen molar-refractivity contribution in [2.45, 2.75) is 65.0 Å². The quantitative estimate of drug-likeness (QED) is 0.168. The highest BCUT2D eigenvalue weighted by atomic mass is 16.2. The predicted molar refractivity (Wildman–Crippen MR) is 181 cm³/mol. The Bertz CT molecular complexity index is 1480.